The average Bonchev–Trinajstić information content (AvgIpc) is 1.87. The molecular formula is C10H23Al. The Hall–Kier alpha value is 0.532. The summed E-state index contributed by atoms with van der Waals surface area (Å²) in [5.74, 6) is 7.95. The van der Waals surface area contributed by atoms with E-state index < -0.39 is 0 Å². The lowest BCUT2D eigenvalue weighted by atomic mass is 9.91. The molecule has 1 heteroatoms. The minimum absolute atomic E-state index is 0.139. The van der Waals surface area contributed by atoms with Crippen LogP contribution in [0.4, 0.5) is 0 Å². The van der Waals surface area contributed by atoms with Crippen LogP contribution in [0.2, 0.25) is 17.4 Å². The predicted molar refractivity (Wildman–Crippen MR) is 55.6 cm³/mol. The number of rotatable bonds is 0. The van der Waals surface area contributed by atoms with Crippen LogP contribution < -0.4 is 0 Å². The van der Waals surface area contributed by atoms with Gasteiger partial charge in [-0.25, -0.2) is 0 Å². The molecule has 0 aliphatic heterocycles. The summed E-state index contributed by atoms with van der Waals surface area (Å²) in [5.41, 5.74) is 0. The van der Waals surface area contributed by atoms with Crippen molar-refractivity contribution in [3.05, 3.63) is 0 Å². The summed E-state index contributed by atoms with van der Waals surface area (Å²) in [7, 11) is 0. The Labute approximate surface area is 76.8 Å². The van der Waals surface area contributed by atoms with Crippen LogP contribution in [0.3, 0.4) is 0 Å². The fraction of sp³-hybridized carbons (Fsp3) is 1.00. The van der Waals surface area contributed by atoms with Crippen LogP contribution in [-0.2, 0) is 0 Å². The van der Waals surface area contributed by atoms with E-state index in [0.717, 1.165) is 5.92 Å². The summed E-state index contributed by atoms with van der Waals surface area (Å²) >= 11 is -0.139. The molecule has 0 heterocycles. The molecule has 1 fully saturated rings. The van der Waals surface area contributed by atoms with Crippen molar-refractivity contribution in [1.82, 2.24) is 0 Å². The van der Waals surface area contributed by atoms with E-state index in [0.29, 0.717) is 0 Å². The van der Waals surface area contributed by atoms with E-state index in [1.54, 1.807) is 0 Å². The molecule has 0 aromatic carbocycles. The summed E-state index contributed by atoms with van der Waals surface area (Å²) in [6, 6.07) is 0. The van der Waals surface area contributed by atoms with E-state index in [4.69, 9.17) is 0 Å². The maximum absolute atomic E-state index is 2.36. The summed E-state index contributed by atoms with van der Waals surface area (Å²) in [4.78, 5) is 0. The molecule has 66 valence electrons. The van der Waals surface area contributed by atoms with Crippen molar-refractivity contribution in [3.8, 4) is 0 Å². The molecule has 1 aliphatic rings. The largest absolute Gasteiger partial charge is 0.251 e. The van der Waals surface area contributed by atoms with Gasteiger partial charge in [-0.1, -0.05) is 39.0 Å². The summed E-state index contributed by atoms with van der Waals surface area (Å²) in [5, 5.41) is 0. The van der Waals surface area contributed by atoms with Gasteiger partial charge in [0.1, 0.15) is 0 Å². The van der Waals surface area contributed by atoms with Crippen LogP contribution in [0, 0.1) is 5.92 Å². The minimum atomic E-state index is -0.139. The highest BCUT2D eigenvalue weighted by atomic mass is 27.2. The first kappa shape index (κ1) is 11.5. The molecule has 0 saturated heterocycles. The third kappa shape index (κ3) is 10.5. The summed E-state index contributed by atoms with van der Waals surface area (Å²) < 4.78 is 0. The molecule has 11 heavy (non-hydrogen) atoms. The van der Waals surface area contributed by atoms with Crippen LogP contribution >= 0.6 is 0 Å². The standard InChI is InChI=1S/C7H14.3CH3.Al/c1-7-5-3-2-4-6-7;;;;/h7H,2-6H2,1H3;3*1H3;. The Morgan fingerprint density at radius 3 is 1.45 bits per heavy atom. The van der Waals surface area contributed by atoms with E-state index in [9.17, 15) is 0 Å². The van der Waals surface area contributed by atoms with Gasteiger partial charge in [-0.3, -0.25) is 0 Å². The molecule has 0 nitrogen and oxygen atoms in total. The molecule has 0 aromatic rings. The van der Waals surface area contributed by atoms with Crippen LogP contribution in [-0.4, -0.2) is 14.1 Å². The molecule has 0 spiro atoms. The van der Waals surface area contributed by atoms with Crippen molar-refractivity contribution >= 4 is 14.1 Å². The SMILES string of the molecule is CC1CCCCC1.[CH3][Al]([CH3])[CH3]. The maximum atomic E-state index is 2.36. The molecule has 1 aliphatic carbocycles. The molecule has 1 rings (SSSR count). The minimum Gasteiger partial charge on any atom is -0.106 e. The van der Waals surface area contributed by atoms with Gasteiger partial charge in [0.15, 0.2) is 0 Å². The number of hydrogen-bond donors (Lipinski definition) is 0. The van der Waals surface area contributed by atoms with Crippen LogP contribution in [0.5, 0.6) is 0 Å². The van der Waals surface area contributed by atoms with Gasteiger partial charge < -0.3 is 0 Å². The Bertz CT molecular complexity index is 70.2. The fourth-order valence-corrected chi connectivity index (χ4v) is 1.31. The van der Waals surface area contributed by atoms with Gasteiger partial charge in [-0.2, -0.15) is 0 Å². The first-order chi connectivity index (χ1) is 5.13. The second kappa shape index (κ2) is 7.20. The lowest BCUT2D eigenvalue weighted by Gasteiger charge is -2.15. The second-order valence-electron chi connectivity index (χ2n) is 4.48. The molecule has 0 amide bonds. The van der Waals surface area contributed by atoms with E-state index in [2.05, 4.69) is 24.3 Å². The Kier molecular flexibility index (Phi) is 7.54. The fourth-order valence-electron chi connectivity index (χ4n) is 1.31. The van der Waals surface area contributed by atoms with E-state index in [-0.39, 0.29) is 14.1 Å². The third-order valence-electron chi connectivity index (χ3n) is 1.89. The van der Waals surface area contributed by atoms with Crippen molar-refractivity contribution < 1.29 is 0 Å². The highest BCUT2D eigenvalue weighted by molar-refractivity contribution is 6.54. The van der Waals surface area contributed by atoms with Crippen molar-refractivity contribution in [2.24, 2.45) is 5.92 Å². The van der Waals surface area contributed by atoms with Gasteiger partial charge >= 0.3 is 0 Å². The Balaban J connectivity index is 0.000000218. The zero-order valence-electron chi connectivity index (χ0n) is 8.69. The summed E-state index contributed by atoms with van der Waals surface area (Å²) in [6.45, 7) is 2.36. The first-order valence-electron chi connectivity index (χ1n) is 5.13. The van der Waals surface area contributed by atoms with Crippen molar-refractivity contribution in [3.63, 3.8) is 0 Å². The molecule has 1 saturated carbocycles. The zero-order valence-corrected chi connectivity index (χ0v) is 9.84. The molecule has 0 N–H and O–H groups in total. The van der Waals surface area contributed by atoms with Gasteiger partial charge in [0.2, 0.25) is 0 Å². The number of hydrogen-bond acceptors (Lipinski definition) is 0. The third-order valence-corrected chi connectivity index (χ3v) is 1.89. The monoisotopic (exact) mass is 170 g/mol. The van der Waals surface area contributed by atoms with Crippen molar-refractivity contribution in [2.45, 2.75) is 56.4 Å². The average molecular weight is 170 g/mol. The molecular weight excluding hydrogens is 147 g/mol. The lowest BCUT2D eigenvalue weighted by Crippen LogP contribution is -1.99. The van der Waals surface area contributed by atoms with E-state index >= 15 is 0 Å². The quantitative estimate of drug-likeness (QED) is 0.483. The maximum Gasteiger partial charge on any atom is 0.251 e. The second-order valence-corrected chi connectivity index (χ2v) is 7.94. The van der Waals surface area contributed by atoms with Crippen LogP contribution in [0.25, 0.3) is 0 Å². The van der Waals surface area contributed by atoms with Crippen molar-refractivity contribution in [2.75, 3.05) is 0 Å². The van der Waals surface area contributed by atoms with Gasteiger partial charge in [0, 0.05) is 0 Å². The van der Waals surface area contributed by atoms with E-state index in [1.165, 1.54) is 32.1 Å². The Morgan fingerprint density at radius 1 is 0.909 bits per heavy atom. The molecule has 0 radical (unpaired) electrons. The molecule has 0 bridgehead atoms. The highest BCUT2D eigenvalue weighted by Crippen LogP contribution is 2.21. The predicted octanol–water partition coefficient (Wildman–Crippen LogP) is 3.96. The lowest BCUT2D eigenvalue weighted by molar-refractivity contribution is 0.385. The van der Waals surface area contributed by atoms with Crippen molar-refractivity contribution in [1.29, 1.82) is 0 Å². The van der Waals surface area contributed by atoms with Crippen LogP contribution in [0.15, 0.2) is 0 Å². The Morgan fingerprint density at radius 2 is 1.27 bits per heavy atom. The van der Waals surface area contributed by atoms with Gasteiger partial charge in [0.05, 0.1) is 0 Å². The normalized spacial score (nSPS) is 18.5. The van der Waals surface area contributed by atoms with Gasteiger partial charge in [-0.05, 0) is 5.92 Å². The van der Waals surface area contributed by atoms with Gasteiger partial charge in [-0.15, -0.1) is 17.4 Å². The smallest absolute Gasteiger partial charge is 0.106 e. The van der Waals surface area contributed by atoms with Crippen LogP contribution in [0.1, 0.15) is 39.0 Å². The van der Waals surface area contributed by atoms with E-state index in [1.807, 2.05) is 0 Å². The molecule has 0 atom stereocenters. The molecule has 0 unspecified atom stereocenters. The first-order valence-corrected chi connectivity index (χ1v) is 8.59. The summed E-state index contributed by atoms with van der Waals surface area (Å²) in [6.07, 6.45) is 7.44. The van der Waals surface area contributed by atoms with Gasteiger partial charge in [0.25, 0.3) is 14.1 Å². The topological polar surface area (TPSA) is 0 Å². The highest BCUT2D eigenvalue weighted by Gasteiger charge is 2.05. The zero-order chi connectivity index (χ0) is 8.69. The molecule has 0 aromatic heterocycles.